The van der Waals surface area contributed by atoms with E-state index in [1.54, 1.807) is 18.2 Å². The summed E-state index contributed by atoms with van der Waals surface area (Å²) in [7, 11) is 6.18. The molecule has 0 aliphatic heterocycles. The van der Waals surface area contributed by atoms with Crippen LogP contribution in [0.25, 0.3) is 6.08 Å². The van der Waals surface area contributed by atoms with Crippen LogP contribution in [0.2, 0.25) is 0 Å². The van der Waals surface area contributed by atoms with Crippen molar-refractivity contribution in [2.45, 2.75) is 0 Å². The Balaban J connectivity index is 3.04. The van der Waals surface area contributed by atoms with Crippen molar-refractivity contribution in [1.82, 2.24) is 5.32 Å². The molecule has 0 unspecified atom stereocenters. The first kappa shape index (κ1) is 13.5. The molecule has 0 bridgehead atoms. The zero-order chi connectivity index (χ0) is 12.8. The van der Waals surface area contributed by atoms with E-state index in [0.29, 0.717) is 0 Å². The summed E-state index contributed by atoms with van der Waals surface area (Å²) in [6.07, 6.45) is 1.47. The van der Waals surface area contributed by atoms with Gasteiger partial charge in [0.15, 0.2) is 5.81 Å². The minimum absolute atomic E-state index is 0.0156. The zero-order valence-corrected chi connectivity index (χ0v) is 10.7. The molecule has 86 valence electrons. The highest BCUT2D eigenvalue weighted by Crippen LogP contribution is 2.14. The molecule has 1 aromatic rings. The molecule has 0 saturated carbocycles. The normalized spacial score (nSPS) is 10.8. The van der Waals surface area contributed by atoms with Crippen LogP contribution in [0.4, 0.5) is 4.79 Å². The monoisotopic (exact) mass is 293 g/mol. The Bertz CT molecular complexity index is 474. The van der Waals surface area contributed by atoms with Gasteiger partial charge in [0, 0.05) is 4.47 Å². The van der Waals surface area contributed by atoms with Crippen molar-refractivity contribution in [3.05, 3.63) is 40.0 Å². The molecular weight excluding hydrogens is 285 g/mol. The number of amides is 1. The second-order valence-corrected chi connectivity index (χ2v) is 4.01. The third-order valence-electron chi connectivity index (χ3n) is 1.82. The number of carbonyl (C=O) groups is 2. The molecule has 1 aromatic carbocycles. The lowest BCUT2D eigenvalue weighted by atomic mass is 10.1. The van der Waals surface area contributed by atoms with Crippen LogP contribution in [0.3, 0.4) is 0 Å². The molecule has 0 heterocycles. The summed E-state index contributed by atoms with van der Waals surface area (Å²) < 4.78 is 5.38. The van der Waals surface area contributed by atoms with Crippen LogP contribution in [0.1, 0.15) is 5.56 Å². The van der Waals surface area contributed by atoms with Gasteiger partial charge in [-0.2, -0.15) is 0 Å². The van der Waals surface area contributed by atoms with Crippen molar-refractivity contribution in [3.63, 3.8) is 0 Å². The van der Waals surface area contributed by atoms with E-state index in [2.05, 4.69) is 26.0 Å². The molecule has 0 atom stereocenters. The van der Waals surface area contributed by atoms with Crippen LogP contribution in [-0.4, -0.2) is 26.7 Å². The topological polar surface area (TPSA) is 55.4 Å². The van der Waals surface area contributed by atoms with Gasteiger partial charge >= 0.3 is 5.97 Å². The van der Waals surface area contributed by atoms with E-state index < -0.39 is 11.8 Å². The summed E-state index contributed by atoms with van der Waals surface area (Å²) in [6, 6.07) is 7.20. The number of carbonyl (C=O) groups excluding carboxylic acids is 2. The molecule has 0 aliphatic carbocycles. The molecule has 0 aliphatic rings. The Morgan fingerprint density at radius 1 is 1.47 bits per heavy atom. The molecule has 4 nitrogen and oxygen atoms in total. The quantitative estimate of drug-likeness (QED) is 0.526. The Morgan fingerprint density at radius 3 is 2.71 bits per heavy atom. The molecule has 1 rings (SSSR count). The Kier molecular flexibility index (Phi) is 4.96. The second-order valence-electron chi connectivity index (χ2n) is 3.09. The van der Waals surface area contributed by atoms with Crippen LogP contribution in [0.15, 0.2) is 34.4 Å². The van der Waals surface area contributed by atoms with Gasteiger partial charge in [0.05, 0.1) is 7.11 Å². The molecule has 1 amide bonds. The molecule has 0 spiro atoms. The molecule has 17 heavy (non-hydrogen) atoms. The van der Waals surface area contributed by atoms with Gasteiger partial charge < -0.3 is 10.1 Å². The van der Waals surface area contributed by atoms with Crippen molar-refractivity contribution in [3.8, 4) is 0 Å². The Hall–Kier alpha value is -1.56. The number of rotatable bonds is 3. The first-order valence-corrected chi connectivity index (χ1v) is 5.44. The van der Waals surface area contributed by atoms with Gasteiger partial charge in [-0.25, -0.2) is 4.79 Å². The summed E-state index contributed by atoms with van der Waals surface area (Å²) in [5.74, 6) is -1.49. The van der Waals surface area contributed by atoms with Crippen molar-refractivity contribution in [2.75, 3.05) is 7.11 Å². The highest BCUT2D eigenvalue weighted by molar-refractivity contribution is 9.10. The SMILES string of the molecule is [B]C(=O)NC(=Cc1cccc(Br)c1)C(=O)OC. The number of halogens is 1. The van der Waals surface area contributed by atoms with Gasteiger partial charge in [0.1, 0.15) is 5.70 Å². The van der Waals surface area contributed by atoms with Gasteiger partial charge in [-0.1, -0.05) is 28.1 Å². The summed E-state index contributed by atoms with van der Waals surface area (Å²) >= 11 is 3.30. The van der Waals surface area contributed by atoms with Gasteiger partial charge in [0.25, 0.3) is 0 Å². The number of esters is 1. The van der Waals surface area contributed by atoms with Crippen molar-refractivity contribution in [1.29, 1.82) is 0 Å². The van der Waals surface area contributed by atoms with Crippen LogP contribution < -0.4 is 5.32 Å². The average molecular weight is 294 g/mol. The molecule has 0 aromatic heterocycles. The molecular formula is C11H9BBrNO3. The first-order chi connectivity index (χ1) is 8.02. The van der Waals surface area contributed by atoms with E-state index >= 15 is 0 Å². The average Bonchev–Trinajstić information content (AvgIpc) is 2.26. The Morgan fingerprint density at radius 2 is 2.18 bits per heavy atom. The fourth-order valence-electron chi connectivity index (χ4n) is 1.15. The van der Waals surface area contributed by atoms with Crippen LogP contribution >= 0.6 is 15.9 Å². The molecule has 0 fully saturated rings. The summed E-state index contributed by atoms with van der Waals surface area (Å²) in [5.41, 5.74) is 0.714. The molecule has 6 heteroatoms. The lowest BCUT2D eigenvalue weighted by molar-refractivity contribution is -0.136. The number of methoxy groups -OCH3 is 1. The van der Waals surface area contributed by atoms with E-state index in [9.17, 15) is 9.59 Å². The largest absolute Gasteiger partial charge is 0.464 e. The van der Waals surface area contributed by atoms with Crippen LogP contribution in [0, 0.1) is 0 Å². The lowest BCUT2D eigenvalue weighted by Crippen LogP contribution is -2.26. The van der Waals surface area contributed by atoms with Crippen LogP contribution in [0.5, 0.6) is 0 Å². The van der Waals surface area contributed by atoms with E-state index in [0.717, 1.165) is 10.0 Å². The number of hydrogen-bond acceptors (Lipinski definition) is 3. The maximum absolute atomic E-state index is 11.4. The van der Waals surface area contributed by atoms with Gasteiger partial charge in [0.2, 0.25) is 7.85 Å². The van der Waals surface area contributed by atoms with Crippen molar-refractivity contribution >= 4 is 41.6 Å². The maximum atomic E-state index is 11.4. The van der Waals surface area contributed by atoms with Gasteiger partial charge in [-0.15, -0.1) is 0 Å². The van der Waals surface area contributed by atoms with E-state index in [1.807, 2.05) is 6.07 Å². The highest BCUT2D eigenvalue weighted by Gasteiger charge is 2.10. The molecule has 1 N–H and O–H groups in total. The summed E-state index contributed by atoms with van der Waals surface area (Å²) in [5, 5.41) is 2.21. The zero-order valence-electron chi connectivity index (χ0n) is 9.07. The first-order valence-electron chi connectivity index (χ1n) is 4.65. The molecule has 2 radical (unpaired) electrons. The highest BCUT2D eigenvalue weighted by atomic mass is 79.9. The number of nitrogens with one attached hydrogen (secondary N) is 1. The minimum Gasteiger partial charge on any atom is -0.464 e. The predicted octanol–water partition coefficient (Wildman–Crippen LogP) is 1.84. The van der Waals surface area contributed by atoms with E-state index in [-0.39, 0.29) is 5.70 Å². The molecule has 0 saturated heterocycles. The predicted molar refractivity (Wildman–Crippen MR) is 68.4 cm³/mol. The maximum Gasteiger partial charge on any atom is 0.354 e. The fourth-order valence-corrected chi connectivity index (χ4v) is 1.57. The third kappa shape index (κ3) is 4.44. The summed E-state index contributed by atoms with van der Waals surface area (Å²) in [6.45, 7) is 0. The van der Waals surface area contributed by atoms with E-state index in [4.69, 9.17) is 7.85 Å². The van der Waals surface area contributed by atoms with E-state index in [1.165, 1.54) is 13.2 Å². The fraction of sp³-hybridized carbons (Fsp3) is 0.0909. The summed E-state index contributed by atoms with van der Waals surface area (Å²) in [4.78, 5) is 22.1. The third-order valence-corrected chi connectivity index (χ3v) is 2.32. The van der Waals surface area contributed by atoms with Crippen LogP contribution in [-0.2, 0) is 9.53 Å². The van der Waals surface area contributed by atoms with Crippen molar-refractivity contribution < 1.29 is 14.3 Å². The van der Waals surface area contributed by atoms with Gasteiger partial charge in [-0.3, -0.25) is 4.79 Å². The second kappa shape index (κ2) is 6.25. The number of benzene rings is 1. The lowest BCUT2D eigenvalue weighted by Gasteiger charge is -2.06. The number of ether oxygens (including phenoxy) is 1. The van der Waals surface area contributed by atoms with Crippen molar-refractivity contribution in [2.24, 2.45) is 0 Å². The Labute approximate surface area is 109 Å². The standard InChI is InChI=1S/C11H9BBrNO3/c1-17-10(15)9(14-11(12)16)6-7-3-2-4-8(13)5-7/h2-6H,1H3,(H,14,16). The van der Waals surface area contributed by atoms with Gasteiger partial charge in [-0.05, 0) is 23.8 Å². The number of hydrogen-bond donors (Lipinski definition) is 1. The minimum atomic E-state index is -0.823. The smallest absolute Gasteiger partial charge is 0.354 e.